The van der Waals surface area contributed by atoms with Crippen LogP contribution >= 0.6 is 0 Å². The van der Waals surface area contributed by atoms with E-state index in [9.17, 15) is 9.59 Å². The number of amides is 1. The van der Waals surface area contributed by atoms with Crippen molar-refractivity contribution in [2.45, 2.75) is 0 Å². The second-order valence-electron chi connectivity index (χ2n) is 4.30. The predicted octanol–water partition coefficient (Wildman–Crippen LogP) is 0.711. The van der Waals surface area contributed by atoms with Crippen LogP contribution in [-0.2, 0) is 14.3 Å². The lowest BCUT2D eigenvalue weighted by Gasteiger charge is -2.26. The lowest BCUT2D eigenvalue weighted by Crippen LogP contribution is -2.42. The van der Waals surface area contributed by atoms with E-state index >= 15 is 0 Å². The average Bonchev–Trinajstić information content (AvgIpc) is 2.53. The normalized spacial score (nSPS) is 14.8. The van der Waals surface area contributed by atoms with Gasteiger partial charge in [0.05, 0.1) is 25.9 Å². The molecule has 1 heterocycles. The molecule has 1 saturated heterocycles. The van der Waals surface area contributed by atoms with Crippen molar-refractivity contribution in [3.8, 4) is 5.75 Å². The van der Waals surface area contributed by atoms with Crippen molar-refractivity contribution in [3.63, 3.8) is 0 Å². The van der Waals surface area contributed by atoms with Gasteiger partial charge in [0.15, 0.2) is 6.61 Å². The molecule has 6 nitrogen and oxygen atoms in total. The van der Waals surface area contributed by atoms with E-state index < -0.39 is 5.97 Å². The summed E-state index contributed by atoms with van der Waals surface area (Å²) < 4.78 is 15.2. The molecule has 1 aliphatic rings. The quantitative estimate of drug-likeness (QED) is 0.759. The van der Waals surface area contributed by atoms with Crippen LogP contribution in [0.25, 0.3) is 0 Å². The number of methoxy groups -OCH3 is 1. The minimum atomic E-state index is -0.519. The second-order valence-corrected chi connectivity index (χ2v) is 4.30. The highest BCUT2D eigenvalue weighted by molar-refractivity contribution is 5.91. The fraction of sp³-hybridized carbons (Fsp3) is 0.429. The first-order valence-corrected chi connectivity index (χ1v) is 6.37. The highest BCUT2D eigenvalue weighted by atomic mass is 16.5. The molecule has 1 aromatic rings. The van der Waals surface area contributed by atoms with E-state index in [4.69, 9.17) is 14.2 Å². The molecular formula is C14H17NO5. The van der Waals surface area contributed by atoms with Crippen molar-refractivity contribution in [2.75, 3.05) is 40.0 Å². The summed E-state index contributed by atoms with van der Waals surface area (Å²) in [6, 6.07) is 6.53. The van der Waals surface area contributed by atoms with Crippen molar-refractivity contribution in [2.24, 2.45) is 0 Å². The molecule has 0 bridgehead atoms. The molecule has 0 unspecified atom stereocenters. The van der Waals surface area contributed by atoms with Crippen LogP contribution in [-0.4, -0.2) is 56.8 Å². The van der Waals surface area contributed by atoms with Gasteiger partial charge in [-0.05, 0) is 24.3 Å². The summed E-state index contributed by atoms with van der Waals surface area (Å²) in [5.74, 6) is -0.0598. The Kier molecular flexibility index (Phi) is 4.95. The lowest BCUT2D eigenvalue weighted by atomic mass is 10.2. The van der Waals surface area contributed by atoms with Crippen molar-refractivity contribution in [3.05, 3.63) is 29.8 Å². The van der Waals surface area contributed by atoms with E-state index in [-0.39, 0.29) is 12.5 Å². The summed E-state index contributed by atoms with van der Waals surface area (Å²) in [6.45, 7) is 1.89. The smallest absolute Gasteiger partial charge is 0.338 e. The van der Waals surface area contributed by atoms with E-state index in [1.54, 1.807) is 36.3 Å². The molecule has 2 rings (SSSR count). The Labute approximate surface area is 117 Å². The van der Waals surface area contributed by atoms with Crippen molar-refractivity contribution in [1.29, 1.82) is 0 Å². The zero-order valence-corrected chi connectivity index (χ0v) is 11.3. The summed E-state index contributed by atoms with van der Waals surface area (Å²) >= 11 is 0. The van der Waals surface area contributed by atoms with Gasteiger partial charge < -0.3 is 19.1 Å². The van der Waals surface area contributed by atoms with Crippen LogP contribution < -0.4 is 4.74 Å². The molecule has 20 heavy (non-hydrogen) atoms. The first-order valence-electron chi connectivity index (χ1n) is 6.37. The van der Waals surface area contributed by atoms with E-state index in [1.165, 1.54) is 0 Å². The molecule has 1 aromatic carbocycles. The third-order valence-electron chi connectivity index (χ3n) is 3.02. The van der Waals surface area contributed by atoms with E-state index in [0.717, 1.165) is 0 Å². The maximum Gasteiger partial charge on any atom is 0.338 e. The van der Waals surface area contributed by atoms with Gasteiger partial charge in [0, 0.05) is 13.1 Å². The number of carbonyl (C=O) groups excluding carboxylic acids is 2. The lowest BCUT2D eigenvalue weighted by molar-refractivity contribution is -0.138. The summed E-state index contributed by atoms with van der Waals surface area (Å²) in [6.07, 6.45) is 0. The van der Waals surface area contributed by atoms with Crippen LogP contribution in [0.4, 0.5) is 0 Å². The zero-order chi connectivity index (χ0) is 14.4. The monoisotopic (exact) mass is 279 g/mol. The second kappa shape index (κ2) is 6.91. The predicted molar refractivity (Wildman–Crippen MR) is 70.7 cm³/mol. The van der Waals surface area contributed by atoms with Crippen LogP contribution in [0.5, 0.6) is 5.75 Å². The molecule has 108 valence electrons. The average molecular weight is 279 g/mol. The molecule has 0 saturated carbocycles. The van der Waals surface area contributed by atoms with Gasteiger partial charge in [-0.2, -0.15) is 0 Å². The van der Waals surface area contributed by atoms with Crippen LogP contribution in [0.1, 0.15) is 10.4 Å². The number of hydrogen-bond donors (Lipinski definition) is 0. The van der Waals surface area contributed by atoms with Crippen LogP contribution in [0.3, 0.4) is 0 Å². The maximum atomic E-state index is 11.8. The summed E-state index contributed by atoms with van der Waals surface area (Å²) in [4.78, 5) is 25.2. The van der Waals surface area contributed by atoms with Gasteiger partial charge in [-0.25, -0.2) is 4.79 Å². The zero-order valence-electron chi connectivity index (χ0n) is 11.3. The van der Waals surface area contributed by atoms with Crippen molar-refractivity contribution in [1.82, 2.24) is 4.90 Å². The number of esters is 1. The number of hydrogen-bond acceptors (Lipinski definition) is 5. The number of morpholine rings is 1. The van der Waals surface area contributed by atoms with Gasteiger partial charge in [0.1, 0.15) is 5.75 Å². The Balaban J connectivity index is 1.83. The number of nitrogens with zero attached hydrogens (tertiary/aromatic N) is 1. The highest BCUT2D eigenvalue weighted by Gasteiger charge is 2.18. The minimum absolute atomic E-state index is 0.199. The number of benzene rings is 1. The van der Waals surface area contributed by atoms with Crippen molar-refractivity contribution < 1.29 is 23.8 Å². The van der Waals surface area contributed by atoms with Crippen molar-refractivity contribution >= 4 is 11.9 Å². The van der Waals surface area contributed by atoms with Crippen LogP contribution in [0.15, 0.2) is 24.3 Å². The largest absolute Gasteiger partial charge is 0.497 e. The summed E-state index contributed by atoms with van der Waals surface area (Å²) in [7, 11) is 1.55. The first-order chi connectivity index (χ1) is 9.70. The van der Waals surface area contributed by atoms with E-state index in [1.807, 2.05) is 0 Å². The Hall–Kier alpha value is -2.08. The molecule has 0 spiro atoms. The molecule has 6 heteroatoms. The maximum absolute atomic E-state index is 11.8. The standard InChI is InChI=1S/C14H17NO5/c1-18-12-4-2-11(3-5-12)14(17)20-10-13(16)15-6-8-19-9-7-15/h2-5H,6-10H2,1H3. The van der Waals surface area contributed by atoms with Gasteiger partial charge >= 0.3 is 5.97 Å². The third kappa shape index (κ3) is 3.71. The molecule has 1 aliphatic heterocycles. The molecule has 0 radical (unpaired) electrons. The van der Waals surface area contributed by atoms with Gasteiger partial charge in [0.25, 0.3) is 5.91 Å². The third-order valence-corrected chi connectivity index (χ3v) is 3.02. The Bertz CT molecular complexity index is 465. The van der Waals surface area contributed by atoms with E-state index in [0.29, 0.717) is 37.6 Å². The van der Waals surface area contributed by atoms with Gasteiger partial charge in [-0.15, -0.1) is 0 Å². The van der Waals surface area contributed by atoms with Gasteiger partial charge in [-0.3, -0.25) is 4.79 Å². The number of ether oxygens (including phenoxy) is 3. The van der Waals surface area contributed by atoms with Crippen LogP contribution in [0, 0.1) is 0 Å². The SMILES string of the molecule is COc1ccc(C(=O)OCC(=O)N2CCOCC2)cc1. The molecule has 1 fully saturated rings. The highest BCUT2D eigenvalue weighted by Crippen LogP contribution is 2.12. The Morgan fingerprint density at radius 2 is 1.85 bits per heavy atom. The number of carbonyl (C=O) groups is 2. The summed E-state index contributed by atoms with van der Waals surface area (Å²) in [5.41, 5.74) is 0.389. The topological polar surface area (TPSA) is 65.1 Å². The van der Waals surface area contributed by atoms with Crippen LogP contribution in [0.2, 0.25) is 0 Å². The summed E-state index contributed by atoms with van der Waals surface area (Å²) in [5, 5.41) is 0. The Morgan fingerprint density at radius 1 is 1.20 bits per heavy atom. The van der Waals surface area contributed by atoms with Gasteiger partial charge in [0.2, 0.25) is 0 Å². The molecular weight excluding hydrogens is 262 g/mol. The van der Waals surface area contributed by atoms with Gasteiger partial charge in [-0.1, -0.05) is 0 Å². The molecule has 0 aliphatic carbocycles. The van der Waals surface area contributed by atoms with E-state index in [2.05, 4.69) is 0 Å². The molecule has 0 N–H and O–H groups in total. The molecule has 1 amide bonds. The minimum Gasteiger partial charge on any atom is -0.497 e. The molecule has 0 atom stereocenters. The first kappa shape index (κ1) is 14.3. The fourth-order valence-electron chi connectivity index (χ4n) is 1.84. The number of rotatable bonds is 4. The molecule has 0 aromatic heterocycles. The Morgan fingerprint density at radius 3 is 2.45 bits per heavy atom. The fourth-order valence-corrected chi connectivity index (χ4v) is 1.84.